The van der Waals surface area contributed by atoms with Gasteiger partial charge in [0.15, 0.2) is 0 Å². The van der Waals surface area contributed by atoms with Gasteiger partial charge in [-0.1, -0.05) is 0 Å². The van der Waals surface area contributed by atoms with E-state index in [9.17, 15) is 0 Å². The minimum absolute atomic E-state index is 0.624. The SMILES string of the molecule is COc1nccnc1CN1CC[C@H](CN)C1. The topological polar surface area (TPSA) is 64.3 Å². The molecule has 1 aromatic heterocycles. The van der Waals surface area contributed by atoms with Crippen molar-refractivity contribution in [1.82, 2.24) is 14.9 Å². The van der Waals surface area contributed by atoms with E-state index in [1.807, 2.05) is 0 Å². The molecule has 2 rings (SSSR count). The molecule has 1 aromatic rings. The highest BCUT2D eigenvalue weighted by atomic mass is 16.5. The Bertz CT molecular complexity index is 345. The van der Waals surface area contributed by atoms with E-state index in [2.05, 4.69) is 14.9 Å². The van der Waals surface area contributed by atoms with Crippen molar-refractivity contribution in [2.75, 3.05) is 26.7 Å². The molecule has 0 bridgehead atoms. The van der Waals surface area contributed by atoms with Gasteiger partial charge in [0.1, 0.15) is 5.69 Å². The first-order valence-electron chi connectivity index (χ1n) is 5.59. The highest BCUT2D eigenvalue weighted by Gasteiger charge is 2.22. The van der Waals surface area contributed by atoms with Crippen molar-refractivity contribution in [3.8, 4) is 5.88 Å². The first-order valence-corrected chi connectivity index (χ1v) is 5.59. The van der Waals surface area contributed by atoms with Gasteiger partial charge in [-0.05, 0) is 25.4 Å². The lowest BCUT2D eigenvalue weighted by atomic mass is 10.1. The normalized spacial score (nSPS) is 21.2. The lowest BCUT2D eigenvalue weighted by Crippen LogP contribution is -2.23. The molecule has 0 saturated carbocycles. The minimum atomic E-state index is 0.624. The Hall–Kier alpha value is -1.20. The van der Waals surface area contributed by atoms with E-state index < -0.39 is 0 Å². The zero-order valence-corrected chi connectivity index (χ0v) is 9.59. The van der Waals surface area contributed by atoms with Crippen LogP contribution in [0.2, 0.25) is 0 Å². The smallest absolute Gasteiger partial charge is 0.236 e. The predicted molar refractivity (Wildman–Crippen MR) is 61.0 cm³/mol. The van der Waals surface area contributed by atoms with Gasteiger partial charge in [0.05, 0.1) is 7.11 Å². The van der Waals surface area contributed by atoms with Crippen LogP contribution in [0.3, 0.4) is 0 Å². The van der Waals surface area contributed by atoms with Crippen molar-refractivity contribution < 1.29 is 4.74 Å². The molecule has 0 aromatic carbocycles. The summed E-state index contributed by atoms with van der Waals surface area (Å²) in [6.45, 7) is 3.71. The lowest BCUT2D eigenvalue weighted by Gasteiger charge is -2.15. The number of hydrogen-bond donors (Lipinski definition) is 1. The van der Waals surface area contributed by atoms with Crippen LogP contribution in [0.4, 0.5) is 0 Å². The number of methoxy groups -OCH3 is 1. The molecule has 2 N–H and O–H groups in total. The molecule has 0 aliphatic carbocycles. The lowest BCUT2D eigenvalue weighted by molar-refractivity contribution is 0.301. The Morgan fingerprint density at radius 3 is 3.00 bits per heavy atom. The predicted octanol–water partition coefficient (Wildman–Crippen LogP) is 0.266. The summed E-state index contributed by atoms with van der Waals surface area (Å²) in [6.07, 6.45) is 4.53. The van der Waals surface area contributed by atoms with Gasteiger partial charge in [-0.3, -0.25) is 9.88 Å². The van der Waals surface area contributed by atoms with Crippen molar-refractivity contribution in [1.29, 1.82) is 0 Å². The molecule has 2 heterocycles. The zero-order valence-electron chi connectivity index (χ0n) is 9.59. The third-order valence-electron chi connectivity index (χ3n) is 3.01. The second-order valence-electron chi connectivity index (χ2n) is 4.14. The molecule has 1 aliphatic heterocycles. The molecule has 1 aliphatic rings. The maximum Gasteiger partial charge on any atom is 0.236 e. The van der Waals surface area contributed by atoms with Crippen LogP contribution in [0.5, 0.6) is 5.88 Å². The van der Waals surface area contributed by atoms with Crippen molar-refractivity contribution >= 4 is 0 Å². The van der Waals surface area contributed by atoms with Gasteiger partial charge >= 0.3 is 0 Å². The summed E-state index contributed by atoms with van der Waals surface area (Å²) in [5.41, 5.74) is 6.57. The number of nitrogens with zero attached hydrogens (tertiary/aromatic N) is 3. The molecule has 0 spiro atoms. The van der Waals surface area contributed by atoms with Gasteiger partial charge in [-0.25, -0.2) is 4.98 Å². The van der Waals surface area contributed by atoms with Gasteiger partial charge in [-0.2, -0.15) is 0 Å². The van der Waals surface area contributed by atoms with Crippen LogP contribution >= 0.6 is 0 Å². The number of likely N-dealkylation sites (tertiary alicyclic amines) is 1. The van der Waals surface area contributed by atoms with Crippen molar-refractivity contribution in [3.05, 3.63) is 18.1 Å². The molecular weight excluding hydrogens is 204 g/mol. The number of nitrogens with two attached hydrogens (primary N) is 1. The number of hydrogen-bond acceptors (Lipinski definition) is 5. The van der Waals surface area contributed by atoms with E-state index in [0.29, 0.717) is 11.8 Å². The van der Waals surface area contributed by atoms with Crippen molar-refractivity contribution in [3.63, 3.8) is 0 Å². The average molecular weight is 222 g/mol. The minimum Gasteiger partial charge on any atom is -0.480 e. The number of ether oxygens (including phenoxy) is 1. The fraction of sp³-hybridized carbons (Fsp3) is 0.636. The molecule has 1 fully saturated rings. The van der Waals surface area contributed by atoms with Crippen molar-refractivity contribution in [2.24, 2.45) is 11.7 Å². The molecule has 16 heavy (non-hydrogen) atoms. The molecule has 5 nitrogen and oxygen atoms in total. The molecule has 1 saturated heterocycles. The monoisotopic (exact) mass is 222 g/mol. The van der Waals surface area contributed by atoms with Crippen LogP contribution in [0, 0.1) is 5.92 Å². The van der Waals surface area contributed by atoms with Gasteiger partial charge in [0, 0.05) is 25.5 Å². The first kappa shape index (κ1) is 11.3. The Morgan fingerprint density at radius 2 is 2.31 bits per heavy atom. The van der Waals surface area contributed by atoms with Crippen LogP contribution in [0.15, 0.2) is 12.4 Å². The Labute approximate surface area is 95.6 Å². The van der Waals surface area contributed by atoms with Gasteiger partial charge in [0.25, 0.3) is 0 Å². The van der Waals surface area contributed by atoms with E-state index in [-0.39, 0.29) is 0 Å². The molecule has 1 atom stereocenters. The van der Waals surface area contributed by atoms with Crippen LogP contribution in [-0.2, 0) is 6.54 Å². The quantitative estimate of drug-likeness (QED) is 0.792. The van der Waals surface area contributed by atoms with Gasteiger partial charge in [-0.15, -0.1) is 0 Å². The summed E-state index contributed by atoms with van der Waals surface area (Å²) in [4.78, 5) is 10.8. The maximum atomic E-state index is 5.67. The standard InChI is InChI=1S/C11H18N4O/c1-16-11-10(13-3-4-14-11)8-15-5-2-9(6-12)7-15/h3-4,9H,2,5-8,12H2,1H3/t9-/m1/s1. The summed E-state index contributed by atoms with van der Waals surface area (Å²) in [5, 5.41) is 0. The van der Waals surface area contributed by atoms with E-state index in [0.717, 1.165) is 31.9 Å². The largest absolute Gasteiger partial charge is 0.480 e. The second kappa shape index (κ2) is 5.23. The number of rotatable bonds is 4. The molecular formula is C11H18N4O. The summed E-state index contributed by atoms with van der Waals surface area (Å²) in [5.74, 6) is 1.25. The summed E-state index contributed by atoms with van der Waals surface area (Å²) in [6, 6.07) is 0. The first-order chi connectivity index (χ1) is 7.83. The summed E-state index contributed by atoms with van der Waals surface area (Å²) < 4.78 is 5.18. The third kappa shape index (κ3) is 2.48. The van der Waals surface area contributed by atoms with E-state index >= 15 is 0 Å². The Balaban J connectivity index is 1.99. The molecule has 0 radical (unpaired) electrons. The van der Waals surface area contributed by atoms with E-state index in [4.69, 9.17) is 10.5 Å². The van der Waals surface area contributed by atoms with Gasteiger partial charge in [0.2, 0.25) is 5.88 Å². The molecule has 5 heteroatoms. The Morgan fingerprint density at radius 1 is 1.50 bits per heavy atom. The number of aromatic nitrogens is 2. The van der Waals surface area contributed by atoms with E-state index in [1.165, 1.54) is 6.42 Å². The highest BCUT2D eigenvalue weighted by molar-refractivity contribution is 5.17. The fourth-order valence-electron chi connectivity index (χ4n) is 2.09. The average Bonchev–Trinajstić information content (AvgIpc) is 2.77. The Kier molecular flexibility index (Phi) is 3.69. The van der Waals surface area contributed by atoms with Gasteiger partial charge < -0.3 is 10.5 Å². The third-order valence-corrected chi connectivity index (χ3v) is 3.01. The maximum absolute atomic E-state index is 5.67. The molecule has 88 valence electrons. The van der Waals surface area contributed by atoms with Crippen LogP contribution in [-0.4, -0.2) is 41.6 Å². The van der Waals surface area contributed by atoms with Crippen LogP contribution in [0.1, 0.15) is 12.1 Å². The summed E-state index contributed by atoms with van der Waals surface area (Å²) in [7, 11) is 1.63. The van der Waals surface area contributed by atoms with Crippen LogP contribution < -0.4 is 10.5 Å². The summed E-state index contributed by atoms with van der Waals surface area (Å²) >= 11 is 0. The highest BCUT2D eigenvalue weighted by Crippen LogP contribution is 2.19. The van der Waals surface area contributed by atoms with Crippen LogP contribution in [0.25, 0.3) is 0 Å². The zero-order chi connectivity index (χ0) is 11.4. The molecule has 0 unspecified atom stereocenters. The van der Waals surface area contributed by atoms with E-state index in [1.54, 1.807) is 19.5 Å². The fourth-order valence-corrected chi connectivity index (χ4v) is 2.09. The molecule has 0 amide bonds. The van der Waals surface area contributed by atoms with Crippen molar-refractivity contribution in [2.45, 2.75) is 13.0 Å². The second-order valence-corrected chi connectivity index (χ2v) is 4.14.